The van der Waals surface area contributed by atoms with Crippen LogP contribution in [0.15, 0.2) is 77.2 Å². The molecule has 6 nitrogen and oxygen atoms in total. The van der Waals surface area contributed by atoms with E-state index >= 15 is 0 Å². The summed E-state index contributed by atoms with van der Waals surface area (Å²) in [7, 11) is 0. The Morgan fingerprint density at radius 3 is 2.69 bits per heavy atom. The second-order valence-corrected chi connectivity index (χ2v) is 7.08. The minimum absolute atomic E-state index is 0.236. The Morgan fingerprint density at radius 1 is 1.10 bits per heavy atom. The van der Waals surface area contributed by atoms with Crippen molar-refractivity contribution < 1.29 is 9.18 Å². The molecule has 0 fully saturated rings. The van der Waals surface area contributed by atoms with Gasteiger partial charge in [-0.15, -0.1) is 11.3 Å². The largest absolute Gasteiger partial charge is 0.311 e. The van der Waals surface area contributed by atoms with Crippen molar-refractivity contribution in [1.82, 2.24) is 14.5 Å². The summed E-state index contributed by atoms with van der Waals surface area (Å²) in [4.78, 5) is 33.1. The lowest BCUT2D eigenvalue weighted by Crippen LogP contribution is -2.22. The van der Waals surface area contributed by atoms with Crippen molar-refractivity contribution in [3.8, 4) is 11.4 Å². The molecule has 0 saturated heterocycles. The highest BCUT2D eigenvalue weighted by Gasteiger charge is 2.12. The number of amides is 1. The molecule has 0 aliphatic rings. The van der Waals surface area contributed by atoms with E-state index in [1.54, 1.807) is 17.6 Å². The molecular formula is C21H15FN4O2S. The number of carbonyl (C=O) groups is 1. The molecule has 1 aromatic carbocycles. The van der Waals surface area contributed by atoms with E-state index in [4.69, 9.17) is 0 Å². The predicted octanol–water partition coefficient (Wildman–Crippen LogP) is 3.81. The highest BCUT2D eigenvalue weighted by Crippen LogP contribution is 2.24. The van der Waals surface area contributed by atoms with Gasteiger partial charge in [0.2, 0.25) is 0 Å². The maximum atomic E-state index is 13.3. The van der Waals surface area contributed by atoms with Gasteiger partial charge in [-0.1, -0.05) is 30.3 Å². The van der Waals surface area contributed by atoms with Crippen LogP contribution in [0.25, 0.3) is 11.4 Å². The van der Waals surface area contributed by atoms with Gasteiger partial charge in [0, 0.05) is 35.5 Å². The van der Waals surface area contributed by atoms with E-state index in [1.165, 1.54) is 40.3 Å². The first kappa shape index (κ1) is 18.7. The third kappa shape index (κ3) is 4.44. The van der Waals surface area contributed by atoms with Crippen molar-refractivity contribution in [3.63, 3.8) is 0 Å². The van der Waals surface area contributed by atoms with Gasteiger partial charge < -0.3 is 4.57 Å². The Balaban J connectivity index is 1.48. The summed E-state index contributed by atoms with van der Waals surface area (Å²) >= 11 is 1.19. The topological polar surface area (TPSA) is 76.9 Å². The Bertz CT molecular complexity index is 1220. The summed E-state index contributed by atoms with van der Waals surface area (Å²) in [5.74, 6) is -0.855. The van der Waals surface area contributed by atoms with Crippen LogP contribution in [0.4, 0.5) is 9.52 Å². The zero-order valence-electron chi connectivity index (χ0n) is 15.1. The van der Waals surface area contributed by atoms with E-state index in [-0.39, 0.29) is 11.1 Å². The first-order valence-electron chi connectivity index (χ1n) is 8.72. The lowest BCUT2D eigenvalue weighted by atomic mass is 10.2. The summed E-state index contributed by atoms with van der Waals surface area (Å²) in [6.07, 6.45) is 2.95. The van der Waals surface area contributed by atoms with Crippen molar-refractivity contribution in [2.75, 3.05) is 5.32 Å². The quantitative estimate of drug-likeness (QED) is 0.547. The fourth-order valence-electron chi connectivity index (χ4n) is 2.72. The average molecular weight is 406 g/mol. The maximum Gasteiger partial charge on any atom is 0.257 e. The van der Waals surface area contributed by atoms with E-state index in [1.807, 2.05) is 30.3 Å². The fraction of sp³-hybridized carbons (Fsp3) is 0.0476. The number of rotatable bonds is 5. The number of nitrogens with one attached hydrogen (secondary N) is 1. The second-order valence-electron chi connectivity index (χ2n) is 6.22. The average Bonchev–Trinajstić information content (AvgIpc) is 3.19. The molecule has 29 heavy (non-hydrogen) atoms. The lowest BCUT2D eigenvalue weighted by Gasteiger charge is -2.07. The molecule has 0 radical (unpaired) electrons. The van der Waals surface area contributed by atoms with Crippen molar-refractivity contribution in [3.05, 3.63) is 99.7 Å². The molecule has 0 atom stereocenters. The normalized spacial score (nSPS) is 10.7. The standard InChI is InChI=1S/C21H15FN4O2S/c22-16-6-8-23-17(11-16)18-13-29-21(24-18)25-20(28)15-7-9-26(19(27)10-15)12-14-4-2-1-3-5-14/h1-11,13H,12H2,(H,24,25,28). The summed E-state index contributed by atoms with van der Waals surface area (Å²) < 4.78 is 14.9. The maximum absolute atomic E-state index is 13.3. The molecule has 0 saturated carbocycles. The minimum Gasteiger partial charge on any atom is -0.311 e. The summed E-state index contributed by atoms with van der Waals surface area (Å²) in [5, 5.41) is 4.67. The van der Waals surface area contributed by atoms with Crippen LogP contribution in [0, 0.1) is 5.82 Å². The molecule has 144 valence electrons. The zero-order valence-corrected chi connectivity index (χ0v) is 15.9. The van der Waals surface area contributed by atoms with Crippen LogP contribution in [0.2, 0.25) is 0 Å². The van der Waals surface area contributed by atoms with Crippen LogP contribution in [0.3, 0.4) is 0 Å². The van der Waals surface area contributed by atoms with E-state index in [0.717, 1.165) is 5.56 Å². The summed E-state index contributed by atoms with van der Waals surface area (Å²) in [6, 6.07) is 15.0. The second kappa shape index (κ2) is 8.15. The molecule has 4 rings (SSSR count). The van der Waals surface area contributed by atoms with Gasteiger partial charge in [-0.05, 0) is 17.7 Å². The van der Waals surface area contributed by atoms with Gasteiger partial charge in [-0.2, -0.15) is 0 Å². The molecule has 0 bridgehead atoms. The van der Waals surface area contributed by atoms with Gasteiger partial charge in [-0.25, -0.2) is 9.37 Å². The number of halogens is 1. The number of anilines is 1. The molecular weight excluding hydrogens is 391 g/mol. The number of benzene rings is 1. The van der Waals surface area contributed by atoms with E-state index in [9.17, 15) is 14.0 Å². The Kier molecular flexibility index (Phi) is 5.26. The molecule has 3 heterocycles. The first-order chi connectivity index (χ1) is 14.1. The van der Waals surface area contributed by atoms with E-state index in [0.29, 0.717) is 23.1 Å². The van der Waals surface area contributed by atoms with Crippen LogP contribution < -0.4 is 10.9 Å². The molecule has 8 heteroatoms. The third-order valence-corrected chi connectivity index (χ3v) is 4.92. The van der Waals surface area contributed by atoms with Crippen molar-refractivity contribution in [1.29, 1.82) is 0 Å². The highest BCUT2D eigenvalue weighted by molar-refractivity contribution is 7.14. The molecule has 0 aliphatic heterocycles. The number of aromatic nitrogens is 3. The summed E-state index contributed by atoms with van der Waals surface area (Å²) in [6.45, 7) is 0.429. The van der Waals surface area contributed by atoms with E-state index < -0.39 is 11.7 Å². The highest BCUT2D eigenvalue weighted by atomic mass is 32.1. The number of pyridine rings is 2. The third-order valence-electron chi connectivity index (χ3n) is 4.16. The molecule has 3 aromatic heterocycles. The minimum atomic E-state index is -0.443. The number of nitrogens with zero attached hydrogens (tertiary/aromatic N) is 3. The number of thiazole rings is 1. The van der Waals surface area contributed by atoms with Crippen molar-refractivity contribution in [2.45, 2.75) is 6.54 Å². The molecule has 0 spiro atoms. The molecule has 1 N–H and O–H groups in total. The monoisotopic (exact) mass is 406 g/mol. The SMILES string of the molecule is O=C(Nc1nc(-c2cc(F)ccn2)cs1)c1ccn(Cc2ccccc2)c(=O)c1. The molecule has 4 aromatic rings. The fourth-order valence-corrected chi connectivity index (χ4v) is 3.42. The zero-order chi connectivity index (χ0) is 20.2. The van der Waals surface area contributed by atoms with Gasteiger partial charge in [0.15, 0.2) is 5.13 Å². The Hall–Kier alpha value is -3.65. The smallest absolute Gasteiger partial charge is 0.257 e. The molecule has 1 amide bonds. The van der Waals surface area contributed by atoms with Crippen LogP contribution in [0.5, 0.6) is 0 Å². The van der Waals surface area contributed by atoms with Crippen LogP contribution in [-0.4, -0.2) is 20.4 Å². The van der Waals surface area contributed by atoms with Gasteiger partial charge in [0.1, 0.15) is 11.5 Å². The number of carbonyl (C=O) groups excluding carboxylic acids is 1. The van der Waals surface area contributed by atoms with Gasteiger partial charge in [0.05, 0.1) is 12.2 Å². The molecule has 0 unspecified atom stereocenters. The van der Waals surface area contributed by atoms with Crippen LogP contribution in [0.1, 0.15) is 15.9 Å². The number of hydrogen-bond acceptors (Lipinski definition) is 5. The molecule has 0 aliphatic carbocycles. The van der Waals surface area contributed by atoms with Crippen molar-refractivity contribution in [2.24, 2.45) is 0 Å². The Morgan fingerprint density at radius 2 is 1.93 bits per heavy atom. The van der Waals surface area contributed by atoms with Crippen LogP contribution >= 0.6 is 11.3 Å². The van der Waals surface area contributed by atoms with Gasteiger partial charge >= 0.3 is 0 Å². The van der Waals surface area contributed by atoms with E-state index in [2.05, 4.69) is 15.3 Å². The summed E-state index contributed by atoms with van der Waals surface area (Å²) in [5.41, 5.74) is 1.80. The Labute approximate surface area is 169 Å². The first-order valence-corrected chi connectivity index (χ1v) is 9.60. The van der Waals surface area contributed by atoms with Crippen molar-refractivity contribution >= 4 is 22.4 Å². The predicted molar refractivity (Wildman–Crippen MR) is 110 cm³/mol. The van der Waals surface area contributed by atoms with Gasteiger partial charge in [-0.3, -0.25) is 19.9 Å². The number of hydrogen-bond donors (Lipinski definition) is 1. The van der Waals surface area contributed by atoms with Crippen LogP contribution in [-0.2, 0) is 6.54 Å². The lowest BCUT2D eigenvalue weighted by molar-refractivity contribution is 0.102. The van der Waals surface area contributed by atoms with Gasteiger partial charge in [0.25, 0.3) is 11.5 Å².